The Morgan fingerprint density at radius 2 is 0.951 bits per heavy atom. The lowest BCUT2D eigenvalue weighted by Crippen LogP contribution is -1.99. The van der Waals surface area contributed by atoms with Crippen LogP contribution in [-0.4, -0.2) is 32.6 Å². The van der Waals surface area contributed by atoms with Crippen molar-refractivity contribution in [3.63, 3.8) is 0 Å². The fourth-order valence-electron chi connectivity index (χ4n) is 5.22. The molecule has 0 fully saturated rings. The molecule has 41 heavy (non-hydrogen) atoms. The number of hydrogen-bond donors (Lipinski definition) is 5. The monoisotopic (exact) mass is 548 g/mol. The van der Waals surface area contributed by atoms with E-state index >= 15 is 0 Å². The Balaban J connectivity index is 1.54. The van der Waals surface area contributed by atoms with Gasteiger partial charge in [0.05, 0.1) is 20.3 Å². The molecule has 0 heterocycles. The maximum atomic E-state index is 11.0. The van der Waals surface area contributed by atoms with Crippen molar-refractivity contribution in [3.8, 4) is 45.3 Å². The van der Waals surface area contributed by atoms with Crippen molar-refractivity contribution in [1.29, 1.82) is 0 Å². The average Bonchev–Trinajstić information content (AvgIpc) is 3.01. The molecule has 0 bridgehead atoms. The second-order valence-electron chi connectivity index (χ2n) is 10.0. The van der Waals surface area contributed by atoms with Gasteiger partial charge in [-0.3, -0.25) is 0 Å². The molecule has 0 saturated carbocycles. The molecule has 208 valence electrons. The molecule has 0 spiro atoms. The Morgan fingerprint density at radius 3 is 1.41 bits per heavy atom. The number of aliphatic hydroxyl groups excluding tert-OH is 2. The lowest BCUT2D eigenvalue weighted by Gasteiger charge is -2.16. The Labute approximate surface area is 239 Å². The van der Waals surface area contributed by atoms with Gasteiger partial charge in [-0.1, -0.05) is 66.7 Å². The van der Waals surface area contributed by atoms with Crippen LogP contribution in [0.4, 0.5) is 0 Å². The summed E-state index contributed by atoms with van der Waals surface area (Å²) in [5.74, 6) is 0.418. The van der Waals surface area contributed by atoms with Gasteiger partial charge in [-0.05, 0) is 64.6 Å². The topological polar surface area (TPSA) is 110 Å². The van der Waals surface area contributed by atoms with E-state index in [4.69, 9.17) is 4.74 Å². The highest BCUT2D eigenvalue weighted by atomic mass is 16.5. The fraction of sp³-hybridized carbons (Fsp3) is 0.143. The maximum Gasteiger partial charge on any atom is 0.161 e. The minimum atomic E-state index is -0.327. The Morgan fingerprint density at radius 1 is 0.512 bits per heavy atom. The van der Waals surface area contributed by atoms with Crippen molar-refractivity contribution in [2.24, 2.45) is 0 Å². The molecular formula is C35H32O6. The summed E-state index contributed by atoms with van der Waals surface area (Å²) in [6, 6.07) is 29.9. The van der Waals surface area contributed by atoms with E-state index in [1.807, 2.05) is 78.9 Å². The second-order valence-corrected chi connectivity index (χ2v) is 10.0. The summed E-state index contributed by atoms with van der Waals surface area (Å²) in [4.78, 5) is 0. The van der Waals surface area contributed by atoms with Gasteiger partial charge in [-0.15, -0.1) is 0 Å². The molecule has 0 unspecified atom stereocenters. The number of benzene rings is 5. The van der Waals surface area contributed by atoms with Crippen LogP contribution in [0, 0.1) is 0 Å². The van der Waals surface area contributed by atoms with Gasteiger partial charge in [0.15, 0.2) is 11.5 Å². The summed E-state index contributed by atoms with van der Waals surface area (Å²) in [6.45, 7) is -0.631. The number of methoxy groups -OCH3 is 1. The van der Waals surface area contributed by atoms with Crippen LogP contribution < -0.4 is 4.74 Å². The zero-order valence-corrected chi connectivity index (χ0v) is 22.7. The van der Waals surface area contributed by atoms with E-state index in [0.717, 1.165) is 27.8 Å². The molecule has 5 rings (SSSR count). The molecule has 0 saturated heterocycles. The van der Waals surface area contributed by atoms with Crippen LogP contribution in [0.3, 0.4) is 0 Å². The van der Waals surface area contributed by atoms with Gasteiger partial charge in [0, 0.05) is 34.2 Å². The molecule has 0 amide bonds. The van der Waals surface area contributed by atoms with Crippen LogP contribution >= 0.6 is 0 Å². The van der Waals surface area contributed by atoms with Gasteiger partial charge in [-0.25, -0.2) is 0 Å². The lowest BCUT2D eigenvalue weighted by molar-refractivity contribution is 0.275. The molecular weight excluding hydrogens is 516 g/mol. The molecule has 5 N–H and O–H groups in total. The summed E-state index contributed by atoms with van der Waals surface area (Å²) in [7, 11) is 1.50. The van der Waals surface area contributed by atoms with Crippen LogP contribution in [0.2, 0.25) is 0 Å². The Kier molecular flexibility index (Phi) is 8.24. The standard InChI is InChI=1S/C35H32O6/c1-41-32-19-23(12-22-15-28(20-36)33(38)30(17-22)25-8-4-2-5-9-25)13-27(35(32)40)14-24-16-29(21-37)34(39)31(18-24)26-10-6-3-7-11-26/h2-11,13,15-19,36-40H,12,14,20-21H2,1H3. The number of hydrogen-bond acceptors (Lipinski definition) is 6. The molecule has 0 aliphatic heterocycles. The Hall–Kier alpha value is -4.78. The van der Waals surface area contributed by atoms with Crippen molar-refractivity contribution in [3.05, 3.63) is 130 Å². The minimum absolute atomic E-state index is 0.0165. The number of phenols is 3. The third-order valence-electron chi connectivity index (χ3n) is 7.24. The van der Waals surface area contributed by atoms with E-state index in [1.54, 1.807) is 18.2 Å². The predicted molar refractivity (Wildman–Crippen MR) is 159 cm³/mol. The first-order chi connectivity index (χ1) is 19.9. The van der Waals surface area contributed by atoms with Crippen molar-refractivity contribution >= 4 is 0 Å². The van der Waals surface area contributed by atoms with Crippen LogP contribution in [0.25, 0.3) is 22.3 Å². The molecule has 0 radical (unpaired) electrons. The van der Waals surface area contributed by atoms with Gasteiger partial charge in [0.25, 0.3) is 0 Å². The smallest absolute Gasteiger partial charge is 0.161 e. The van der Waals surface area contributed by atoms with Crippen molar-refractivity contribution in [2.75, 3.05) is 7.11 Å². The second kappa shape index (κ2) is 12.2. The third-order valence-corrected chi connectivity index (χ3v) is 7.24. The van der Waals surface area contributed by atoms with Gasteiger partial charge in [0.1, 0.15) is 11.5 Å². The molecule has 5 aromatic rings. The average molecular weight is 549 g/mol. The molecule has 5 aromatic carbocycles. The Bertz CT molecular complexity index is 1660. The highest BCUT2D eigenvalue weighted by Gasteiger charge is 2.17. The molecule has 6 nitrogen and oxygen atoms in total. The quantitative estimate of drug-likeness (QED) is 0.148. The summed E-state index contributed by atoms with van der Waals surface area (Å²) in [6.07, 6.45) is 0.791. The van der Waals surface area contributed by atoms with Crippen LogP contribution in [-0.2, 0) is 26.1 Å². The zero-order chi connectivity index (χ0) is 28.9. The fourth-order valence-corrected chi connectivity index (χ4v) is 5.22. The summed E-state index contributed by atoms with van der Waals surface area (Å²) in [5.41, 5.74) is 6.90. The number of aliphatic hydroxyl groups is 2. The number of phenolic OH excluding ortho intramolecular Hbond substituents is 1. The first kappa shape index (κ1) is 27.8. The third kappa shape index (κ3) is 5.89. The molecule has 0 atom stereocenters. The predicted octanol–water partition coefficient (Wildman–Crippen LogP) is 6.31. The van der Waals surface area contributed by atoms with E-state index < -0.39 is 0 Å². The molecule has 0 aliphatic rings. The van der Waals surface area contributed by atoms with Gasteiger partial charge >= 0.3 is 0 Å². The summed E-state index contributed by atoms with van der Waals surface area (Å²) in [5, 5.41) is 52.4. The first-order valence-electron chi connectivity index (χ1n) is 13.3. The molecule has 6 heteroatoms. The van der Waals surface area contributed by atoms with Crippen molar-refractivity contribution in [1.82, 2.24) is 0 Å². The van der Waals surface area contributed by atoms with E-state index in [9.17, 15) is 25.5 Å². The van der Waals surface area contributed by atoms with Gasteiger partial charge in [0.2, 0.25) is 0 Å². The van der Waals surface area contributed by atoms with E-state index in [2.05, 4.69) is 0 Å². The zero-order valence-electron chi connectivity index (χ0n) is 22.7. The van der Waals surface area contributed by atoms with Crippen LogP contribution in [0.5, 0.6) is 23.0 Å². The van der Waals surface area contributed by atoms with E-state index in [-0.39, 0.29) is 30.5 Å². The lowest BCUT2D eigenvalue weighted by atomic mass is 9.92. The van der Waals surface area contributed by atoms with Gasteiger partial charge in [-0.2, -0.15) is 0 Å². The normalized spacial score (nSPS) is 11.0. The van der Waals surface area contributed by atoms with Crippen LogP contribution in [0.1, 0.15) is 33.4 Å². The highest BCUT2D eigenvalue weighted by Crippen LogP contribution is 2.39. The number of rotatable bonds is 9. The first-order valence-corrected chi connectivity index (χ1v) is 13.3. The minimum Gasteiger partial charge on any atom is -0.507 e. The SMILES string of the molecule is COc1cc(Cc2cc(CO)c(O)c(-c3ccccc3)c2)cc(Cc2cc(CO)c(O)c(-c3ccccc3)c2)c1O. The van der Waals surface area contributed by atoms with E-state index in [0.29, 0.717) is 46.4 Å². The van der Waals surface area contributed by atoms with Gasteiger partial charge < -0.3 is 30.3 Å². The molecule has 0 aliphatic carbocycles. The van der Waals surface area contributed by atoms with Crippen molar-refractivity contribution in [2.45, 2.75) is 26.1 Å². The molecule has 0 aromatic heterocycles. The summed E-state index contributed by atoms with van der Waals surface area (Å²) < 4.78 is 5.51. The van der Waals surface area contributed by atoms with Crippen LogP contribution in [0.15, 0.2) is 97.1 Å². The maximum absolute atomic E-state index is 11.0. The highest BCUT2D eigenvalue weighted by molar-refractivity contribution is 5.74. The van der Waals surface area contributed by atoms with Crippen molar-refractivity contribution < 1.29 is 30.3 Å². The summed E-state index contributed by atoms with van der Waals surface area (Å²) >= 11 is 0. The number of ether oxygens (including phenoxy) is 1. The largest absolute Gasteiger partial charge is 0.507 e. The van der Waals surface area contributed by atoms with E-state index in [1.165, 1.54) is 7.11 Å². The number of aromatic hydroxyl groups is 3.